The quantitative estimate of drug-likeness (QED) is 0.897. The Morgan fingerprint density at radius 3 is 2.57 bits per heavy atom. The third-order valence-electron chi connectivity index (χ3n) is 3.67. The van der Waals surface area contributed by atoms with E-state index in [2.05, 4.69) is 20.6 Å². The van der Waals surface area contributed by atoms with Gasteiger partial charge in [0.1, 0.15) is 17.3 Å². The van der Waals surface area contributed by atoms with Crippen molar-refractivity contribution in [3.05, 3.63) is 45.9 Å². The number of amides is 1. The van der Waals surface area contributed by atoms with E-state index in [1.165, 1.54) is 0 Å². The van der Waals surface area contributed by atoms with Crippen LogP contribution in [0.25, 0.3) is 0 Å². The maximum absolute atomic E-state index is 12.2. The van der Waals surface area contributed by atoms with E-state index < -0.39 is 0 Å². The lowest BCUT2D eigenvalue weighted by Crippen LogP contribution is -2.26. The zero-order valence-corrected chi connectivity index (χ0v) is 14.2. The molecule has 0 unspecified atom stereocenters. The van der Waals surface area contributed by atoms with Crippen LogP contribution in [0.15, 0.2) is 18.2 Å². The summed E-state index contributed by atoms with van der Waals surface area (Å²) in [5.41, 5.74) is 3.29. The molecule has 1 aliphatic carbocycles. The van der Waals surface area contributed by atoms with E-state index in [0.717, 1.165) is 29.7 Å². The molecule has 1 saturated carbocycles. The second kappa shape index (κ2) is 6.16. The number of rotatable bonds is 4. The van der Waals surface area contributed by atoms with E-state index in [1.807, 2.05) is 26.0 Å². The minimum atomic E-state index is -0.159. The largest absolute Gasteiger partial charge is 0.348 e. The first-order chi connectivity index (χ1) is 10.9. The Kier molecular flexibility index (Phi) is 4.22. The molecule has 1 heterocycles. The van der Waals surface area contributed by atoms with Crippen molar-refractivity contribution in [3.63, 3.8) is 0 Å². The molecule has 1 fully saturated rings. The first kappa shape index (κ1) is 15.7. The average molecular weight is 331 g/mol. The van der Waals surface area contributed by atoms with Gasteiger partial charge in [0.05, 0.1) is 10.7 Å². The molecule has 0 saturated heterocycles. The maximum atomic E-state index is 12.2. The van der Waals surface area contributed by atoms with E-state index in [0.29, 0.717) is 28.4 Å². The Labute approximate surface area is 140 Å². The van der Waals surface area contributed by atoms with Crippen molar-refractivity contribution in [2.24, 2.45) is 0 Å². The normalized spacial score (nSPS) is 13.7. The van der Waals surface area contributed by atoms with Crippen LogP contribution in [0.4, 0.5) is 11.5 Å². The van der Waals surface area contributed by atoms with Gasteiger partial charge < -0.3 is 10.6 Å². The summed E-state index contributed by atoms with van der Waals surface area (Å²) in [6.45, 7) is 5.75. The number of aromatic nitrogens is 2. The fourth-order valence-electron chi connectivity index (χ4n) is 2.44. The summed E-state index contributed by atoms with van der Waals surface area (Å²) in [5, 5.41) is 6.77. The summed E-state index contributed by atoms with van der Waals surface area (Å²) in [5.74, 6) is 0.942. The topological polar surface area (TPSA) is 66.9 Å². The van der Waals surface area contributed by atoms with Gasteiger partial charge in [0.15, 0.2) is 0 Å². The van der Waals surface area contributed by atoms with E-state index in [4.69, 9.17) is 11.6 Å². The molecule has 0 atom stereocenters. The highest BCUT2D eigenvalue weighted by Crippen LogP contribution is 2.30. The van der Waals surface area contributed by atoms with Crippen LogP contribution < -0.4 is 10.6 Å². The molecule has 0 spiro atoms. The van der Waals surface area contributed by atoms with Gasteiger partial charge in [0.2, 0.25) is 0 Å². The van der Waals surface area contributed by atoms with Crippen molar-refractivity contribution in [1.29, 1.82) is 0 Å². The zero-order chi connectivity index (χ0) is 16.6. The summed E-state index contributed by atoms with van der Waals surface area (Å²) in [6.07, 6.45) is 2.08. The molecule has 1 aromatic carbocycles. The summed E-state index contributed by atoms with van der Waals surface area (Å²) in [6, 6.07) is 5.89. The second-order valence-electron chi connectivity index (χ2n) is 6.00. The number of nitrogens with zero attached hydrogens (tertiary/aromatic N) is 2. The van der Waals surface area contributed by atoms with Crippen LogP contribution in [0.2, 0.25) is 5.02 Å². The Hall–Kier alpha value is -2.14. The first-order valence-corrected chi connectivity index (χ1v) is 8.00. The second-order valence-corrected chi connectivity index (χ2v) is 6.40. The smallest absolute Gasteiger partial charge is 0.270 e. The van der Waals surface area contributed by atoms with Gasteiger partial charge in [-0.25, -0.2) is 9.97 Å². The fourth-order valence-corrected chi connectivity index (χ4v) is 2.81. The van der Waals surface area contributed by atoms with Crippen molar-refractivity contribution < 1.29 is 4.79 Å². The van der Waals surface area contributed by atoms with Crippen molar-refractivity contribution in [2.75, 3.05) is 5.32 Å². The van der Waals surface area contributed by atoms with E-state index in [9.17, 15) is 4.79 Å². The van der Waals surface area contributed by atoms with Gasteiger partial charge in [-0.15, -0.1) is 0 Å². The summed E-state index contributed by atoms with van der Waals surface area (Å²) < 4.78 is 0. The maximum Gasteiger partial charge on any atom is 0.270 e. The minimum absolute atomic E-state index is 0.159. The molecule has 1 aromatic heterocycles. The van der Waals surface area contributed by atoms with Crippen LogP contribution in [0.5, 0.6) is 0 Å². The number of benzene rings is 1. The van der Waals surface area contributed by atoms with Crippen molar-refractivity contribution in [1.82, 2.24) is 15.3 Å². The molecule has 120 valence electrons. The van der Waals surface area contributed by atoms with Gasteiger partial charge in [-0.2, -0.15) is 0 Å². The Morgan fingerprint density at radius 1 is 1.17 bits per heavy atom. The molecule has 1 amide bonds. The molecular formula is C17H19ClN4O. The summed E-state index contributed by atoms with van der Waals surface area (Å²) in [7, 11) is 0. The lowest BCUT2D eigenvalue weighted by Gasteiger charge is -2.13. The number of hydrogen-bond acceptors (Lipinski definition) is 4. The number of nitrogens with one attached hydrogen (secondary N) is 2. The molecule has 2 N–H and O–H groups in total. The number of carbonyl (C=O) groups excluding carboxylic acids is 1. The summed E-state index contributed by atoms with van der Waals surface area (Å²) >= 11 is 6.32. The van der Waals surface area contributed by atoms with Crippen LogP contribution in [-0.2, 0) is 0 Å². The average Bonchev–Trinajstić information content (AvgIpc) is 3.26. The molecule has 1 aliphatic rings. The number of anilines is 2. The number of halogens is 1. The highest BCUT2D eigenvalue weighted by atomic mass is 35.5. The molecule has 0 aliphatic heterocycles. The lowest BCUT2D eigenvalue weighted by atomic mass is 10.1. The SMILES string of the molecule is Cc1cc(C)c(Nc2cc(C(=O)NC3CC3)nc(C)n2)c(Cl)c1. The van der Waals surface area contributed by atoms with Gasteiger partial charge >= 0.3 is 0 Å². The van der Waals surface area contributed by atoms with Crippen molar-refractivity contribution >= 4 is 29.0 Å². The fraction of sp³-hybridized carbons (Fsp3) is 0.353. The highest BCUT2D eigenvalue weighted by Gasteiger charge is 2.24. The number of aryl methyl sites for hydroxylation is 3. The molecule has 23 heavy (non-hydrogen) atoms. The van der Waals surface area contributed by atoms with Crippen LogP contribution in [-0.4, -0.2) is 21.9 Å². The van der Waals surface area contributed by atoms with Gasteiger partial charge in [-0.05, 0) is 50.8 Å². The molecule has 0 bridgehead atoms. The van der Waals surface area contributed by atoms with Crippen LogP contribution in [0.1, 0.15) is 40.3 Å². The Balaban J connectivity index is 1.88. The van der Waals surface area contributed by atoms with E-state index >= 15 is 0 Å². The van der Waals surface area contributed by atoms with Crippen LogP contribution in [0, 0.1) is 20.8 Å². The highest BCUT2D eigenvalue weighted by molar-refractivity contribution is 6.33. The summed E-state index contributed by atoms with van der Waals surface area (Å²) in [4.78, 5) is 20.7. The van der Waals surface area contributed by atoms with Crippen molar-refractivity contribution in [2.45, 2.75) is 39.7 Å². The molecule has 5 nitrogen and oxygen atoms in total. The standard InChI is InChI=1S/C17H19ClN4O/c1-9-6-10(2)16(13(18)7-9)22-15-8-14(19-11(3)20-15)17(23)21-12-4-5-12/h6-8,12H,4-5H2,1-3H3,(H,21,23)(H,19,20,22). The van der Waals surface area contributed by atoms with Crippen LogP contribution in [0.3, 0.4) is 0 Å². The monoisotopic (exact) mass is 330 g/mol. The first-order valence-electron chi connectivity index (χ1n) is 7.62. The third kappa shape index (κ3) is 3.79. The lowest BCUT2D eigenvalue weighted by molar-refractivity contribution is 0.0945. The molecule has 0 radical (unpaired) electrons. The molecular weight excluding hydrogens is 312 g/mol. The molecule has 3 rings (SSSR count). The molecule has 2 aromatic rings. The number of carbonyl (C=O) groups is 1. The van der Waals surface area contributed by atoms with Gasteiger partial charge in [-0.1, -0.05) is 17.7 Å². The van der Waals surface area contributed by atoms with Crippen molar-refractivity contribution in [3.8, 4) is 0 Å². The van der Waals surface area contributed by atoms with E-state index in [1.54, 1.807) is 13.0 Å². The van der Waals surface area contributed by atoms with Gasteiger partial charge in [0.25, 0.3) is 5.91 Å². The van der Waals surface area contributed by atoms with Crippen LogP contribution >= 0.6 is 11.6 Å². The Morgan fingerprint density at radius 2 is 1.91 bits per heavy atom. The van der Waals surface area contributed by atoms with Gasteiger partial charge in [0, 0.05) is 12.1 Å². The number of hydrogen-bond donors (Lipinski definition) is 2. The van der Waals surface area contributed by atoms with Gasteiger partial charge in [-0.3, -0.25) is 4.79 Å². The minimum Gasteiger partial charge on any atom is -0.348 e. The zero-order valence-electron chi connectivity index (χ0n) is 13.4. The predicted octanol–water partition coefficient (Wildman–Crippen LogP) is 3.69. The molecule has 6 heteroatoms. The third-order valence-corrected chi connectivity index (χ3v) is 3.97. The van der Waals surface area contributed by atoms with E-state index in [-0.39, 0.29) is 5.91 Å². The Bertz CT molecular complexity index is 748. The predicted molar refractivity (Wildman–Crippen MR) is 91.5 cm³/mol.